The molecule has 0 radical (unpaired) electrons. The van der Waals surface area contributed by atoms with Gasteiger partial charge < -0.3 is 16.0 Å². The summed E-state index contributed by atoms with van der Waals surface area (Å²) in [6, 6.07) is 0. The van der Waals surface area contributed by atoms with E-state index in [2.05, 4.69) is 33.4 Å². The third-order valence-corrected chi connectivity index (χ3v) is 4.96. The summed E-state index contributed by atoms with van der Waals surface area (Å²) in [5.41, 5.74) is 7.95. The van der Waals surface area contributed by atoms with Gasteiger partial charge in [-0.15, -0.1) is 11.3 Å². The van der Waals surface area contributed by atoms with Gasteiger partial charge in [0.1, 0.15) is 15.8 Å². The Morgan fingerprint density at radius 3 is 2.70 bits per heavy atom. The standard InChI is InChI=1S/C13H21N5S2/c1-4-18(5-2)7-6-15-12-10(11(14)17-20-12)13-16-9(3)8-19-13/h8,15H,4-7H2,1-3H3,(H2,14,17). The number of hydrogen-bond acceptors (Lipinski definition) is 7. The molecule has 2 aromatic rings. The van der Waals surface area contributed by atoms with Gasteiger partial charge in [-0.3, -0.25) is 0 Å². The van der Waals surface area contributed by atoms with Gasteiger partial charge in [0.25, 0.3) is 0 Å². The first-order chi connectivity index (χ1) is 9.65. The smallest absolute Gasteiger partial charge is 0.149 e. The zero-order chi connectivity index (χ0) is 14.5. The van der Waals surface area contributed by atoms with Crippen molar-refractivity contribution in [3.05, 3.63) is 11.1 Å². The quantitative estimate of drug-likeness (QED) is 0.823. The Balaban J connectivity index is 2.06. The zero-order valence-corrected chi connectivity index (χ0v) is 13.8. The second kappa shape index (κ2) is 7.01. The fourth-order valence-corrected chi connectivity index (χ4v) is 3.63. The van der Waals surface area contributed by atoms with Gasteiger partial charge in [0.2, 0.25) is 0 Å². The van der Waals surface area contributed by atoms with Crippen LogP contribution in [-0.2, 0) is 0 Å². The molecular formula is C13H21N5S2. The molecule has 0 fully saturated rings. The van der Waals surface area contributed by atoms with E-state index >= 15 is 0 Å². The van der Waals surface area contributed by atoms with Gasteiger partial charge in [-0.2, -0.15) is 4.37 Å². The minimum Gasteiger partial charge on any atom is -0.382 e. The molecular weight excluding hydrogens is 290 g/mol. The molecule has 2 heterocycles. The molecule has 0 saturated carbocycles. The van der Waals surface area contributed by atoms with Gasteiger partial charge in [-0.25, -0.2) is 4.98 Å². The average Bonchev–Trinajstić information content (AvgIpc) is 3.01. The highest BCUT2D eigenvalue weighted by Crippen LogP contribution is 2.38. The maximum atomic E-state index is 5.98. The lowest BCUT2D eigenvalue weighted by atomic mass is 10.3. The van der Waals surface area contributed by atoms with E-state index in [1.54, 1.807) is 11.3 Å². The van der Waals surface area contributed by atoms with E-state index in [1.165, 1.54) is 11.5 Å². The number of nitrogen functional groups attached to an aromatic ring is 1. The van der Waals surface area contributed by atoms with Crippen molar-refractivity contribution in [1.29, 1.82) is 0 Å². The molecule has 20 heavy (non-hydrogen) atoms. The molecule has 0 unspecified atom stereocenters. The van der Waals surface area contributed by atoms with E-state index in [0.717, 1.165) is 47.4 Å². The molecule has 2 aromatic heterocycles. The Morgan fingerprint density at radius 2 is 2.10 bits per heavy atom. The minimum atomic E-state index is 0.565. The van der Waals surface area contributed by atoms with Crippen LogP contribution in [0.5, 0.6) is 0 Å². The lowest BCUT2D eigenvalue weighted by Crippen LogP contribution is -2.28. The number of likely N-dealkylation sites (N-methyl/N-ethyl adjacent to an activating group) is 1. The van der Waals surface area contributed by atoms with E-state index in [0.29, 0.717) is 5.82 Å². The van der Waals surface area contributed by atoms with Crippen molar-refractivity contribution in [3.8, 4) is 10.6 Å². The first kappa shape index (κ1) is 15.2. The number of hydrogen-bond donors (Lipinski definition) is 2. The van der Waals surface area contributed by atoms with Crippen LogP contribution >= 0.6 is 22.9 Å². The van der Waals surface area contributed by atoms with Crippen LogP contribution in [0, 0.1) is 6.92 Å². The summed E-state index contributed by atoms with van der Waals surface area (Å²) in [7, 11) is 0. The predicted molar refractivity (Wildman–Crippen MR) is 88.6 cm³/mol. The number of aryl methyl sites for hydroxylation is 1. The Bertz CT molecular complexity index is 545. The normalized spacial score (nSPS) is 11.2. The van der Waals surface area contributed by atoms with Crippen LogP contribution in [0.2, 0.25) is 0 Å². The SMILES string of the molecule is CCN(CC)CCNc1snc(N)c1-c1nc(C)cs1. The zero-order valence-electron chi connectivity index (χ0n) is 12.1. The van der Waals surface area contributed by atoms with Gasteiger partial charge >= 0.3 is 0 Å². The molecule has 2 rings (SSSR count). The molecule has 7 heteroatoms. The number of nitrogens with zero attached hydrogens (tertiary/aromatic N) is 3. The summed E-state index contributed by atoms with van der Waals surface area (Å²) in [4.78, 5) is 6.88. The highest BCUT2D eigenvalue weighted by Gasteiger charge is 2.16. The van der Waals surface area contributed by atoms with Crippen molar-refractivity contribution in [2.45, 2.75) is 20.8 Å². The van der Waals surface area contributed by atoms with Crippen LogP contribution in [0.3, 0.4) is 0 Å². The summed E-state index contributed by atoms with van der Waals surface area (Å²) >= 11 is 3.02. The molecule has 0 spiro atoms. The van der Waals surface area contributed by atoms with Crippen molar-refractivity contribution in [2.24, 2.45) is 0 Å². The number of aromatic nitrogens is 2. The molecule has 3 N–H and O–H groups in total. The summed E-state index contributed by atoms with van der Waals surface area (Å²) in [6.45, 7) is 10.4. The highest BCUT2D eigenvalue weighted by molar-refractivity contribution is 7.15. The van der Waals surface area contributed by atoms with Crippen LogP contribution < -0.4 is 11.1 Å². The maximum Gasteiger partial charge on any atom is 0.149 e. The molecule has 0 saturated heterocycles. The summed E-state index contributed by atoms with van der Waals surface area (Å²) in [5.74, 6) is 0.565. The molecule has 5 nitrogen and oxygen atoms in total. The minimum absolute atomic E-state index is 0.565. The Labute approximate surface area is 128 Å². The number of anilines is 2. The van der Waals surface area contributed by atoms with E-state index in [1.807, 2.05) is 12.3 Å². The van der Waals surface area contributed by atoms with Gasteiger partial charge in [-0.1, -0.05) is 13.8 Å². The number of thiazole rings is 1. The molecule has 0 atom stereocenters. The largest absolute Gasteiger partial charge is 0.382 e. The monoisotopic (exact) mass is 311 g/mol. The van der Waals surface area contributed by atoms with Crippen LogP contribution in [-0.4, -0.2) is 40.4 Å². The molecule has 0 aliphatic carbocycles. The lowest BCUT2D eigenvalue weighted by Gasteiger charge is -2.18. The fraction of sp³-hybridized carbons (Fsp3) is 0.538. The van der Waals surface area contributed by atoms with E-state index in [4.69, 9.17) is 5.73 Å². The molecule has 110 valence electrons. The average molecular weight is 311 g/mol. The topological polar surface area (TPSA) is 67.1 Å². The van der Waals surface area contributed by atoms with Crippen molar-refractivity contribution in [1.82, 2.24) is 14.3 Å². The highest BCUT2D eigenvalue weighted by atomic mass is 32.1. The van der Waals surface area contributed by atoms with Crippen molar-refractivity contribution < 1.29 is 0 Å². The van der Waals surface area contributed by atoms with Gasteiger partial charge in [0.15, 0.2) is 0 Å². The number of nitrogens with one attached hydrogen (secondary N) is 1. The molecule has 0 aliphatic rings. The van der Waals surface area contributed by atoms with E-state index < -0.39 is 0 Å². The predicted octanol–water partition coefficient (Wildman–Crippen LogP) is 2.91. The molecule has 0 bridgehead atoms. The Kier molecular flexibility index (Phi) is 5.33. The molecule has 0 aromatic carbocycles. The van der Waals surface area contributed by atoms with E-state index in [9.17, 15) is 0 Å². The third kappa shape index (κ3) is 3.47. The molecule has 0 amide bonds. The Hall–Kier alpha value is -1.18. The second-order valence-corrected chi connectivity index (χ2v) is 6.15. The summed E-state index contributed by atoms with van der Waals surface area (Å²) in [5, 5.41) is 7.44. The first-order valence-electron chi connectivity index (χ1n) is 6.79. The van der Waals surface area contributed by atoms with Crippen molar-refractivity contribution in [2.75, 3.05) is 37.2 Å². The van der Waals surface area contributed by atoms with Crippen LogP contribution in [0.15, 0.2) is 5.38 Å². The maximum absolute atomic E-state index is 5.98. The number of nitrogens with two attached hydrogens (primary N) is 1. The lowest BCUT2D eigenvalue weighted by molar-refractivity contribution is 0.316. The third-order valence-electron chi connectivity index (χ3n) is 3.16. The van der Waals surface area contributed by atoms with Crippen LogP contribution in [0.25, 0.3) is 10.6 Å². The van der Waals surface area contributed by atoms with Crippen molar-refractivity contribution in [3.63, 3.8) is 0 Å². The van der Waals surface area contributed by atoms with Gasteiger partial charge in [0.05, 0.1) is 5.56 Å². The van der Waals surface area contributed by atoms with E-state index in [-0.39, 0.29) is 0 Å². The summed E-state index contributed by atoms with van der Waals surface area (Å²) in [6.07, 6.45) is 0. The number of rotatable bonds is 7. The fourth-order valence-electron chi connectivity index (χ4n) is 1.97. The Morgan fingerprint density at radius 1 is 1.35 bits per heavy atom. The van der Waals surface area contributed by atoms with Gasteiger partial charge in [0, 0.05) is 24.2 Å². The summed E-state index contributed by atoms with van der Waals surface area (Å²) < 4.78 is 4.25. The molecule has 0 aliphatic heterocycles. The second-order valence-electron chi connectivity index (χ2n) is 4.52. The van der Waals surface area contributed by atoms with Gasteiger partial charge in [-0.05, 0) is 31.5 Å². The van der Waals surface area contributed by atoms with Crippen molar-refractivity contribution >= 4 is 33.7 Å². The van der Waals surface area contributed by atoms with Crippen LogP contribution in [0.1, 0.15) is 19.5 Å². The first-order valence-corrected chi connectivity index (χ1v) is 8.44. The van der Waals surface area contributed by atoms with Crippen LogP contribution in [0.4, 0.5) is 10.8 Å².